The lowest BCUT2D eigenvalue weighted by Gasteiger charge is -2.12. The first-order valence-electron chi connectivity index (χ1n) is 10.5. The van der Waals surface area contributed by atoms with Crippen LogP contribution in [0.5, 0.6) is 0 Å². The summed E-state index contributed by atoms with van der Waals surface area (Å²) in [5.41, 5.74) is 3.67. The molecule has 0 radical (unpaired) electrons. The Morgan fingerprint density at radius 2 is 1.66 bits per heavy atom. The first kappa shape index (κ1) is 20.9. The fourth-order valence-electron chi connectivity index (χ4n) is 3.95. The maximum absolute atomic E-state index is 13.7. The minimum absolute atomic E-state index is 0.110. The highest BCUT2D eigenvalue weighted by atomic mass is 35.5. The zero-order valence-electron chi connectivity index (χ0n) is 17.9. The molecule has 0 saturated heterocycles. The maximum atomic E-state index is 13.7. The molecule has 5 aromatic rings. The second-order valence-corrected chi connectivity index (χ2v) is 9.13. The van der Waals surface area contributed by atoms with E-state index in [1.165, 1.54) is 0 Å². The largest absolute Gasteiger partial charge is 0.296 e. The molecule has 0 fully saturated rings. The number of halogens is 2. The van der Waals surface area contributed by atoms with E-state index in [0.717, 1.165) is 23.1 Å². The average Bonchev–Trinajstić information content (AvgIpc) is 3.06. The molecule has 0 atom stereocenters. The predicted molar refractivity (Wildman–Crippen MR) is 130 cm³/mol. The van der Waals surface area contributed by atoms with Gasteiger partial charge in [-0.2, -0.15) is 0 Å². The van der Waals surface area contributed by atoms with Crippen LogP contribution < -0.4 is 5.56 Å². The molecule has 8 heteroatoms. The number of rotatable bonds is 4. The van der Waals surface area contributed by atoms with E-state index < -0.39 is 0 Å². The Morgan fingerprint density at radius 1 is 0.938 bits per heavy atom. The summed E-state index contributed by atoms with van der Waals surface area (Å²) in [6, 6.07) is 12.9. The number of para-hydroxylation sites is 2. The van der Waals surface area contributed by atoms with Crippen molar-refractivity contribution in [2.45, 2.75) is 33.7 Å². The van der Waals surface area contributed by atoms with E-state index in [4.69, 9.17) is 38.2 Å². The molecule has 3 heterocycles. The third-order valence-electron chi connectivity index (χ3n) is 5.64. The molecule has 2 aromatic carbocycles. The molecule has 162 valence electrons. The summed E-state index contributed by atoms with van der Waals surface area (Å²) in [5, 5.41) is 1.32. The molecule has 0 spiro atoms. The lowest BCUT2D eigenvalue weighted by atomic mass is 10.1. The molecule has 32 heavy (non-hydrogen) atoms. The van der Waals surface area contributed by atoms with Crippen LogP contribution in [-0.4, -0.2) is 24.1 Å². The summed E-state index contributed by atoms with van der Waals surface area (Å²) in [6.45, 7) is 6.74. The first-order chi connectivity index (χ1) is 15.3. The summed E-state index contributed by atoms with van der Waals surface area (Å²) in [6.07, 6.45) is 0.883. The van der Waals surface area contributed by atoms with Crippen molar-refractivity contribution in [2.75, 3.05) is 0 Å². The number of hydrogen-bond acceptors (Lipinski definition) is 4. The molecule has 6 nitrogen and oxygen atoms in total. The van der Waals surface area contributed by atoms with Gasteiger partial charge < -0.3 is 0 Å². The Balaban J connectivity index is 1.93. The molecule has 0 unspecified atom stereocenters. The topological polar surface area (TPSA) is 65.6 Å². The summed E-state index contributed by atoms with van der Waals surface area (Å²) in [7, 11) is 0. The molecule has 0 aliphatic rings. The van der Waals surface area contributed by atoms with Crippen molar-refractivity contribution >= 4 is 56.4 Å². The number of fused-ring (bicyclic) bond motifs is 4. The standard InChI is InChI=1S/C24H21Cl2N5O/c1-13(2)10-11-30-14(3)27-22-20(24(30)32)21-23(29-19-7-5-4-6-18(19)28-21)31(22)15-8-9-16(25)17(26)12-15/h4-9,12-13H,10-11H2,1-3H3. The van der Waals surface area contributed by atoms with Gasteiger partial charge in [-0.1, -0.05) is 49.2 Å². The minimum Gasteiger partial charge on any atom is -0.296 e. The molecule has 5 rings (SSSR count). The van der Waals surface area contributed by atoms with Gasteiger partial charge in [-0.05, 0) is 49.6 Å². The third-order valence-corrected chi connectivity index (χ3v) is 6.38. The van der Waals surface area contributed by atoms with Gasteiger partial charge in [-0.15, -0.1) is 0 Å². The van der Waals surface area contributed by atoms with E-state index >= 15 is 0 Å². The van der Waals surface area contributed by atoms with E-state index in [1.54, 1.807) is 16.7 Å². The van der Waals surface area contributed by atoms with Gasteiger partial charge >= 0.3 is 0 Å². The molecular formula is C24H21Cl2N5O. The second-order valence-electron chi connectivity index (χ2n) is 8.32. The van der Waals surface area contributed by atoms with Gasteiger partial charge in [0.25, 0.3) is 5.56 Å². The van der Waals surface area contributed by atoms with Gasteiger partial charge in [0.1, 0.15) is 16.7 Å². The molecule has 3 aromatic heterocycles. The number of aromatic nitrogens is 5. The number of benzene rings is 2. The van der Waals surface area contributed by atoms with Crippen LogP contribution in [0.2, 0.25) is 10.0 Å². The number of aryl methyl sites for hydroxylation is 1. The average molecular weight is 466 g/mol. The van der Waals surface area contributed by atoms with Crippen molar-refractivity contribution in [3.8, 4) is 5.69 Å². The van der Waals surface area contributed by atoms with Crippen molar-refractivity contribution in [3.63, 3.8) is 0 Å². The molecule has 0 N–H and O–H groups in total. The molecular weight excluding hydrogens is 445 g/mol. The molecule has 0 aliphatic carbocycles. The van der Waals surface area contributed by atoms with Crippen LogP contribution in [0.4, 0.5) is 0 Å². The van der Waals surface area contributed by atoms with E-state index in [1.807, 2.05) is 41.8 Å². The van der Waals surface area contributed by atoms with Crippen LogP contribution in [0.25, 0.3) is 38.9 Å². The van der Waals surface area contributed by atoms with Crippen LogP contribution in [-0.2, 0) is 6.54 Å². The second kappa shape index (κ2) is 7.87. The van der Waals surface area contributed by atoms with Gasteiger partial charge in [-0.3, -0.25) is 13.9 Å². The van der Waals surface area contributed by atoms with Crippen molar-refractivity contribution < 1.29 is 0 Å². The summed E-state index contributed by atoms with van der Waals surface area (Å²) >= 11 is 12.5. The van der Waals surface area contributed by atoms with Gasteiger partial charge in [0.15, 0.2) is 11.3 Å². The fourth-order valence-corrected chi connectivity index (χ4v) is 4.24. The van der Waals surface area contributed by atoms with E-state index in [-0.39, 0.29) is 5.56 Å². The summed E-state index contributed by atoms with van der Waals surface area (Å²) in [5.74, 6) is 1.12. The maximum Gasteiger partial charge on any atom is 0.265 e. The number of hydrogen-bond donors (Lipinski definition) is 0. The van der Waals surface area contributed by atoms with Gasteiger partial charge in [0.05, 0.1) is 26.8 Å². The normalized spacial score (nSPS) is 11.9. The van der Waals surface area contributed by atoms with Gasteiger partial charge in [-0.25, -0.2) is 15.0 Å². The summed E-state index contributed by atoms with van der Waals surface area (Å²) in [4.78, 5) is 28.2. The van der Waals surface area contributed by atoms with E-state index in [9.17, 15) is 4.79 Å². The highest BCUT2D eigenvalue weighted by molar-refractivity contribution is 6.42. The Bertz CT molecular complexity index is 1570. The monoisotopic (exact) mass is 465 g/mol. The Labute approximate surface area is 194 Å². The Morgan fingerprint density at radius 3 is 2.34 bits per heavy atom. The Kier molecular flexibility index (Phi) is 5.14. The van der Waals surface area contributed by atoms with Gasteiger partial charge in [0, 0.05) is 6.54 Å². The highest BCUT2D eigenvalue weighted by Gasteiger charge is 2.22. The fraction of sp³-hybridized carbons (Fsp3) is 0.250. The van der Waals surface area contributed by atoms with E-state index in [0.29, 0.717) is 50.5 Å². The SMILES string of the molecule is Cc1nc2c(c(=O)n1CCC(C)C)c1nc3ccccc3nc1n2-c1ccc(Cl)c(Cl)c1. The molecule has 0 bridgehead atoms. The smallest absolute Gasteiger partial charge is 0.265 e. The van der Waals surface area contributed by atoms with Crippen molar-refractivity contribution in [1.82, 2.24) is 24.1 Å². The molecule has 0 aliphatic heterocycles. The van der Waals surface area contributed by atoms with Crippen molar-refractivity contribution in [2.24, 2.45) is 5.92 Å². The lowest BCUT2D eigenvalue weighted by molar-refractivity contribution is 0.498. The molecule has 0 saturated carbocycles. The van der Waals surface area contributed by atoms with Crippen LogP contribution in [0, 0.1) is 12.8 Å². The van der Waals surface area contributed by atoms with Crippen molar-refractivity contribution in [3.05, 3.63) is 68.7 Å². The zero-order valence-corrected chi connectivity index (χ0v) is 19.4. The highest BCUT2D eigenvalue weighted by Crippen LogP contribution is 2.31. The summed E-state index contributed by atoms with van der Waals surface area (Å²) < 4.78 is 3.57. The van der Waals surface area contributed by atoms with Crippen LogP contribution in [0.15, 0.2) is 47.3 Å². The third kappa shape index (κ3) is 3.34. The Hall–Kier alpha value is -2.96. The number of nitrogens with zero attached hydrogens (tertiary/aromatic N) is 5. The minimum atomic E-state index is -0.110. The van der Waals surface area contributed by atoms with Crippen LogP contribution >= 0.6 is 23.2 Å². The lowest BCUT2D eigenvalue weighted by Crippen LogP contribution is -2.24. The first-order valence-corrected chi connectivity index (χ1v) is 11.2. The van der Waals surface area contributed by atoms with E-state index in [2.05, 4.69) is 13.8 Å². The quantitative estimate of drug-likeness (QED) is 0.329. The predicted octanol–water partition coefficient (Wildman–Crippen LogP) is 5.94. The van der Waals surface area contributed by atoms with Crippen molar-refractivity contribution in [1.29, 1.82) is 0 Å². The zero-order chi connectivity index (χ0) is 22.6. The van der Waals surface area contributed by atoms with Crippen LogP contribution in [0.1, 0.15) is 26.1 Å². The van der Waals surface area contributed by atoms with Crippen LogP contribution in [0.3, 0.4) is 0 Å². The molecule has 0 amide bonds. The van der Waals surface area contributed by atoms with Gasteiger partial charge in [0.2, 0.25) is 0 Å².